The van der Waals surface area contributed by atoms with Crippen molar-refractivity contribution >= 4 is 28.9 Å². The molecule has 0 unspecified atom stereocenters. The van der Waals surface area contributed by atoms with Gasteiger partial charge in [-0.1, -0.05) is 66.2 Å². The molecule has 0 N–H and O–H groups in total. The standard InChI is InChI=1S/C22H16ClFN2O/c23-19-12-17(24)11-10-16(19)14-26-20-9-5-4-8-18(20)22(25-13-21(26)27)15-6-2-1-3-7-15/h1-12H,13-14H2. The number of carbonyl (C=O) groups excluding carboxylic acids is 1. The van der Waals surface area contributed by atoms with Gasteiger partial charge in [0, 0.05) is 16.1 Å². The topological polar surface area (TPSA) is 32.7 Å². The number of benzene rings is 3. The molecule has 27 heavy (non-hydrogen) atoms. The van der Waals surface area contributed by atoms with Crippen LogP contribution >= 0.6 is 11.6 Å². The zero-order valence-electron chi connectivity index (χ0n) is 14.4. The lowest BCUT2D eigenvalue weighted by Gasteiger charge is -2.23. The highest BCUT2D eigenvalue weighted by molar-refractivity contribution is 6.31. The number of para-hydroxylation sites is 1. The number of hydrogen-bond acceptors (Lipinski definition) is 2. The highest BCUT2D eigenvalue weighted by Gasteiger charge is 2.25. The van der Waals surface area contributed by atoms with Crippen LogP contribution in [0.15, 0.2) is 77.8 Å². The van der Waals surface area contributed by atoms with E-state index in [2.05, 4.69) is 4.99 Å². The van der Waals surface area contributed by atoms with Gasteiger partial charge in [-0.15, -0.1) is 0 Å². The van der Waals surface area contributed by atoms with Crippen LogP contribution in [0.25, 0.3) is 0 Å². The van der Waals surface area contributed by atoms with E-state index in [1.165, 1.54) is 12.1 Å². The van der Waals surface area contributed by atoms with E-state index < -0.39 is 5.82 Å². The molecule has 3 aromatic carbocycles. The summed E-state index contributed by atoms with van der Waals surface area (Å²) >= 11 is 6.18. The Morgan fingerprint density at radius 2 is 1.74 bits per heavy atom. The van der Waals surface area contributed by atoms with Crippen LogP contribution < -0.4 is 4.90 Å². The molecule has 0 aromatic heterocycles. The number of benzodiazepines with no additional fused rings is 1. The Kier molecular flexibility index (Phi) is 4.73. The summed E-state index contributed by atoms with van der Waals surface area (Å²) in [6, 6.07) is 21.7. The van der Waals surface area contributed by atoms with Crippen LogP contribution in [0.4, 0.5) is 10.1 Å². The first-order valence-electron chi connectivity index (χ1n) is 8.57. The first kappa shape index (κ1) is 17.4. The molecule has 1 amide bonds. The van der Waals surface area contributed by atoms with E-state index in [1.807, 2.05) is 54.6 Å². The van der Waals surface area contributed by atoms with Crippen LogP contribution in [0.5, 0.6) is 0 Å². The van der Waals surface area contributed by atoms with Crippen molar-refractivity contribution in [2.24, 2.45) is 4.99 Å². The van der Waals surface area contributed by atoms with Crippen molar-refractivity contribution in [3.05, 3.63) is 100 Å². The van der Waals surface area contributed by atoms with Gasteiger partial charge in [0.05, 0.1) is 17.9 Å². The van der Waals surface area contributed by atoms with Gasteiger partial charge in [0.1, 0.15) is 12.4 Å². The molecule has 0 bridgehead atoms. The minimum Gasteiger partial charge on any atom is -0.306 e. The molecule has 3 nitrogen and oxygen atoms in total. The summed E-state index contributed by atoms with van der Waals surface area (Å²) < 4.78 is 13.4. The van der Waals surface area contributed by atoms with Crippen molar-refractivity contribution < 1.29 is 9.18 Å². The smallest absolute Gasteiger partial charge is 0.248 e. The van der Waals surface area contributed by atoms with E-state index in [1.54, 1.807) is 11.0 Å². The van der Waals surface area contributed by atoms with Crippen molar-refractivity contribution in [2.75, 3.05) is 11.4 Å². The van der Waals surface area contributed by atoms with E-state index in [4.69, 9.17) is 11.6 Å². The van der Waals surface area contributed by atoms with Gasteiger partial charge in [-0.25, -0.2) is 4.39 Å². The highest BCUT2D eigenvalue weighted by Crippen LogP contribution is 2.29. The summed E-state index contributed by atoms with van der Waals surface area (Å²) in [6.07, 6.45) is 0. The van der Waals surface area contributed by atoms with E-state index in [0.717, 1.165) is 22.5 Å². The van der Waals surface area contributed by atoms with E-state index in [-0.39, 0.29) is 19.0 Å². The Labute approximate surface area is 161 Å². The van der Waals surface area contributed by atoms with Gasteiger partial charge in [-0.3, -0.25) is 9.79 Å². The third kappa shape index (κ3) is 3.49. The number of fused-ring (bicyclic) bond motifs is 1. The first-order valence-corrected chi connectivity index (χ1v) is 8.95. The minimum absolute atomic E-state index is 0.0394. The summed E-state index contributed by atoms with van der Waals surface area (Å²) in [5.41, 5.74) is 4.08. The predicted octanol–water partition coefficient (Wildman–Crippen LogP) is 4.86. The molecule has 0 aliphatic carbocycles. The zero-order chi connectivity index (χ0) is 18.8. The highest BCUT2D eigenvalue weighted by atomic mass is 35.5. The maximum atomic E-state index is 13.4. The number of carbonyl (C=O) groups is 1. The van der Waals surface area contributed by atoms with E-state index in [0.29, 0.717) is 10.6 Å². The number of aliphatic imine (C=N–C) groups is 1. The van der Waals surface area contributed by atoms with Crippen LogP contribution in [-0.2, 0) is 11.3 Å². The number of rotatable bonds is 3. The fourth-order valence-electron chi connectivity index (χ4n) is 3.20. The average molecular weight is 379 g/mol. The summed E-state index contributed by atoms with van der Waals surface area (Å²) in [4.78, 5) is 19.1. The first-order chi connectivity index (χ1) is 13.1. The second-order valence-electron chi connectivity index (χ2n) is 6.26. The van der Waals surface area contributed by atoms with Crippen molar-refractivity contribution in [3.8, 4) is 0 Å². The van der Waals surface area contributed by atoms with Gasteiger partial charge in [0.25, 0.3) is 0 Å². The van der Waals surface area contributed by atoms with Crippen LogP contribution in [0.2, 0.25) is 5.02 Å². The van der Waals surface area contributed by atoms with Crippen molar-refractivity contribution in [1.29, 1.82) is 0 Å². The van der Waals surface area contributed by atoms with Crippen molar-refractivity contribution in [1.82, 2.24) is 0 Å². The normalized spacial score (nSPS) is 13.8. The molecule has 1 aliphatic heterocycles. The van der Waals surface area contributed by atoms with Crippen LogP contribution in [0.1, 0.15) is 16.7 Å². The molecule has 5 heteroatoms. The number of hydrogen-bond donors (Lipinski definition) is 0. The summed E-state index contributed by atoms with van der Waals surface area (Å²) in [5, 5.41) is 0.300. The molecule has 1 heterocycles. The van der Waals surface area contributed by atoms with Gasteiger partial charge in [0.2, 0.25) is 5.91 Å². The maximum absolute atomic E-state index is 13.4. The number of nitrogens with zero attached hydrogens (tertiary/aromatic N) is 2. The second-order valence-corrected chi connectivity index (χ2v) is 6.67. The van der Waals surface area contributed by atoms with Gasteiger partial charge in [-0.2, -0.15) is 0 Å². The Morgan fingerprint density at radius 1 is 1.00 bits per heavy atom. The van der Waals surface area contributed by atoms with Gasteiger partial charge in [0.15, 0.2) is 0 Å². The number of anilines is 1. The average Bonchev–Trinajstić information content (AvgIpc) is 2.82. The number of amides is 1. The molecule has 0 spiro atoms. The largest absolute Gasteiger partial charge is 0.306 e. The quantitative estimate of drug-likeness (QED) is 0.640. The third-order valence-corrected chi connectivity index (χ3v) is 4.87. The van der Waals surface area contributed by atoms with Crippen LogP contribution in [0.3, 0.4) is 0 Å². The number of halogens is 2. The lowest BCUT2D eigenvalue weighted by molar-refractivity contribution is -0.117. The Balaban J connectivity index is 1.78. The van der Waals surface area contributed by atoms with Gasteiger partial charge < -0.3 is 4.90 Å². The molecule has 4 rings (SSSR count). The monoisotopic (exact) mass is 378 g/mol. The molecule has 1 aliphatic rings. The molecule has 0 atom stereocenters. The molecule has 134 valence electrons. The molecular weight excluding hydrogens is 363 g/mol. The lowest BCUT2D eigenvalue weighted by Crippen LogP contribution is -2.32. The molecule has 0 saturated heterocycles. The second kappa shape index (κ2) is 7.33. The molecule has 0 fully saturated rings. The fraction of sp³-hybridized carbons (Fsp3) is 0.0909. The third-order valence-electron chi connectivity index (χ3n) is 4.51. The Bertz CT molecular complexity index is 1030. The molecule has 3 aromatic rings. The lowest BCUT2D eigenvalue weighted by atomic mass is 10.00. The molecular formula is C22H16ClFN2O. The SMILES string of the molecule is O=C1CN=C(c2ccccc2)c2ccccc2N1Cc1ccc(F)cc1Cl. The van der Waals surface area contributed by atoms with E-state index >= 15 is 0 Å². The molecule has 0 saturated carbocycles. The summed E-state index contributed by atoms with van der Waals surface area (Å²) in [5.74, 6) is -0.533. The fourth-order valence-corrected chi connectivity index (χ4v) is 3.42. The zero-order valence-corrected chi connectivity index (χ0v) is 15.2. The maximum Gasteiger partial charge on any atom is 0.248 e. The van der Waals surface area contributed by atoms with Crippen LogP contribution in [0, 0.1) is 5.82 Å². The van der Waals surface area contributed by atoms with Crippen molar-refractivity contribution in [2.45, 2.75) is 6.54 Å². The van der Waals surface area contributed by atoms with Gasteiger partial charge in [-0.05, 0) is 23.8 Å². The van der Waals surface area contributed by atoms with Crippen molar-refractivity contribution in [3.63, 3.8) is 0 Å². The van der Waals surface area contributed by atoms with Crippen LogP contribution in [-0.4, -0.2) is 18.2 Å². The van der Waals surface area contributed by atoms with E-state index in [9.17, 15) is 9.18 Å². The Hall–Kier alpha value is -2.98. The predicted molar refractivity (Wildman–Crippen MR) is 106 cm³/mol. The Morgan fingerprint density at radius 3 is 2.52 bits per heavy atom. The minimum atomic E-state index is -0.402. The summed E-state index contributed by atoms with van der Waals surface area (Å²) in [6.45, 7) is 0.296. The molecule has 0 radical (unpaired) electrons. The van der Waals surface area contributed by atoms with Gasteiger partial charge >= 0.3 is 0 Å². The summed E-state index contributed by atoms with van der Waals surface area (Å²) in [7, 11) is 0.